The van der Waals surface area contributed by atoms with Gasteiger partial charge < -0.3 is 4.84 Å². The van der Waals surface area contributed by atoms with Gasteiger partial charge in [0.1, 0.15) is 7.11 Å². The highest BCUT2D eigenvalue weighted by Gasteiger charge is 2.13. The molecule has 0 aliphatic rings. The molecule has 0 radical (unpaired) electrons. The molecule has 1 aromatic heterocycles. The quantitative estimate of drug-likeness (QED) is 0.676. The summed E-state index contributed by atoms with van der Waals surface area (Å²) in [5.41, 5.74) is 5.36. The average Bonchev–Trinajstić information content (AvgIpc) is 2.98. The van der Waals surface area contributed by atoms with Crippen LogP contribution < -0.4 is 4.84 Å². The van der Waals surface area contributed by atoms with E-state index < -0.39 is 0 Å². The van der Waals surface area contributed by atoms with Crippen LogP contribution in [0.4, 0.5) is 0 Å². The zero-order valence-corrected chi connectivity index (χ0v) is 15.9. The molecule has 3 aromatic rings. The molecule has 3 heteroatoms. The second-order valence-electron chi connectivity index (χ2n) is 7.79. The lowest BCUT2D eigenvalue weighted by Crippen LogP contribution is -2.18. The Morgan fingerprint density at radius 1 is 0.960 bits per heavy atom. The number of nitrogens with zero attached hydrogens (tertiary/aromatic N) is 2. The van der Waals surface area contributed by atoms with E-state index in [1.165, 1.54) is 22.1 Å². The second kappa shape index (κ2) is 6.93. The Labute approximate surface area is 150 Å². The van der Waals surface area contributed by atoms with Gasteiger partial charge >= 0.3 is 0 Å². The number of hydrogen-bond donors (Lipinski definition) is 0. The molecule has 0 fully saturated rings. The van der Waals surface area contributed by atoms with Crippen LogP contribution in [0.2, 0.25) is 0 Å². The van der Waals surface area contributed by atoms with Crippen molar-refractivity contribution in [2.75, 3.05) is 14.2 Å². The van der Waals surface area contributed by atoms with Crippen molar-refractivity contribution in [3.63, 3.8) is 0 Å². The van der Waals surface area contributed by atoms with Gasteiger partial charge in [0.2, 0.25) is 0 Å². The van der Waals surface area contributed by atoms with E-state index in [-0.39, 0.29) is 5.41 Å². The highest BCUT2D eigenvalue weighted by Crippen LogP contribution is 2.24. The van der Waals surface area contributed by atoms with Crippen LogP contribution in [0.1, 0.15) is 37.5 Å². The zero-order chi connectivity index (χ0) is 18.0. The third-order valence-electron chi connectivity index (χ3n) is 4.70. The van der Waals surface area contributed by atoms with Crippen LogP contribution in [0, 0.1) is 0 Å². The first-order valence-corrected chi connectivity index (χ1v) is 8.80. The molecule has 1 heterocycles. The minimum atomic E-state index is 0.203. The Hall–Kier alpha value is -2.26. The normalized spacial score (nSPS) is 12.1. The fourth-order valence-electron chi connectivity index (χ4n) is 3.27. The molecule has 0 bridgehead atoms. The first-order valence-electron chi connectivity index (χ1n) is 8.80. The summed E-state index contributed by atoms with van der Waals surface area (Å²) in [6, 6.07) is 17.5. The van der Waals surface area contributed by atoms with Gasteiger partial charge in [0, 0.05) is 24.7 Å². The van der Waals surface area contributed by atoms with Crippen LogP contribution in [0.3, 0.4) is 0 Å². The molecule has 2 aromatic carbocycles. The molecule has 0 unspecified atom stereocenters. The molecule has 0 aliphatic carbocycles. The van der Waals surface area contributed by atoms with Crippen LogP contribution in [0.15, 0.2) is 54.7 Å². The van der Waals surface area contributed by atoms with Crippen LogP contribution in [0.5, 0.6) is 0 Å². The first-order chi connectivity index (χ1) is 11.9. The van der Waals surface area contributed by atoms with Crippen molar-refractivity contribution < 1.29 is 4.84 Å². The Kier molecular flexibility index (Phi) is 4.87. The van der Waals surface area contributed by atoms with Crippen molar-refractivity contribution in [2.45, 2.75) is 39.3 Å². The summed E-state index contributed by atoms with van der Waals surface area (Å²) in [6.07, 6.45) is 1.97. The van der Waals surface area contributed by atoms with Crippen molar-refractivity contribution in [3.8, 4) is 0 Å². The Morgan fingerprint density at radius 2 is 1.68 bits per heavy atom. The second-order valence-corrected chi connectivity index (χ2v) is 7.79. The highest BCUT2D eigenvalue weighted by molar-refractivity contribution is 5.83. The van der Waals surface area contributed by atoms with Crippen LogP contribution in [0.25, 0.3) is 10.9 Å². The molecular formula is C22H28N2O. The van der Waals surface area contributed by atoms with E-state index in [9.17, 15) is 0 Å². The van der Waals surface area contributed by atoms with Crippen LogP contribution in [-0.2, 0) is 18.5 Å². The van der Waals surface area contributed by atoms with Gasteiger partial charge in [-0.05, 0) is 41.3 Å². The number of fused-ring (bicyclic) bond motifs is 1. The minimum absolute atomic E-state index is 0.203. The molecule has 0 aliphatic heterocycles. The van der Waals surface area contributed by atoms with E-state index in [1.54, 1.807) is 7.11 Å². The summed E-state index contributed by atoms with van der Waals surface area (Å²) in [5.74, 6) is 0. The molecule has 3 rings (SSSR count). The van der Waals surface area contributed by atoms with E-state index in [2.05, 4.69) is 81.2 Å². The highest BCUT2D eigenvalue weighted by atomic mass is 16.6. The van der Waals surface area contributed by atoms with Gasteiger partial charge in [0.05, 0.1) is 5.52 Å². The van der Waals surface area contributed by atoms with Gasteiger partial charge in [-0.1, -0.05) is 57.2 Å². The predicted molar refractivity (Wildman–Crippen MR) is 105 cm³/mol. The number of aromatic nitrogens is 1. The fraction of sp³-hybridized carbons (Fsp3) is 0.364. The van der Waals surface area contributed by atoms with Gasteiger partial charge in [-0.15, -0.1) is 0 Å². The van der Waals surface area contributed by atoms with Gasteiger partial charge in [-0.3, -0.25) is 4.90 Å². The summed E-state index contributed by atoms with van der Waals surface area (Å²) >= 11 is 0. The van der Waals surface area contributed by atoms with Crippen molar-refractivity contribution in [1.29, 1.82) is 0 Å². The lowest BCUT2D eigenvalue weighted by molar-refractivity contribution is 0.179. The predicted octanol–water partition coefficient (Wildman–Crippen LogP) is 4.63. The molecule has 0 N–H and O–H groups in total. The molecule has 0 atom stereocenters. The Bertz CT molecular complexity index is 841. The van der Waals surface area contributed by atoms with E-state index in [0.29, 0.717) is 0 Å². The summed E-state index contributed by atoms with van der Waals surface area (Å²) in [4.78, 5) is 7.72. The van der Waals surface area contributed by atoms with Crippen molar-refractivity contribution in [1.82, 2.24) is 9.63 Å². The summed E-state index contributed by atoms with van der Waals surface area (Å²) in [7, 11) is 3.86. The maximum atomic E-state index is 5.36. The van der Waals surface area contributed by atoms with E-state index in [0.717, 1.165) is 18.6 Å². The van der Waals surface area contributed by atoms with Crippen molar-refractivity contribution in [3.05, 3.63) is 71.4 Å². The minimum Gasteiger partial charge on any atom is -0.417 e. The average molecular weight is 336 g/mol. The molecule has 3 nitrogen and oxygen atoms in total. The van der Waals surface area contributed by atoms with Gasteiger partial charge in [-0.2, -0.15) is 4.73 Å². The van der Waals surface area contributed by atoms with Gasteiger partial charge in [0.15, 0.2) is 0 Å². The largest absolute Gasteiger partial charge is 0.417 e. The summed E-state index contributed by atoms with van der Waals surface area (Å²) < 4.78 is 1.81. The maximum Gasteiger partial charge on any atom is 0.104 e. The van der Waals surface area contributed by atoms with Crippen molar-refractivity contribution >= 4 is 10.9 Å². The van der Waals surface area contributed by atoms with Gasteiger partial charge in [0.25, 0.3) is 0 Å². The molecule has 132 valence electrons. The van der Waals surface area contributed by atoms with Crippen LogP contribution >= 0.6 is 0 Å². The Morgan fingerprint density at radius 3 is 2.32 bits per heavy atom. The third kappa shape index (κ3) is 3.88. The zero-order valence-electron chi connectivity index (χ0n) is 15.9. The molecule has 0 spiro atoms. The number of hydrogen-bond acceptors (Lipinski definition) is 2. The standard InChI is InChI=1S/C22H28N2O/c1-22(2,3)19-11-9-17(10-12-19)15-23(4)16-18-7-6-8-21-20(18)13-14-24(21)25-5/h6-14H,15-16H2,1-5H3. The third-order valence-corrected chi connectivity index (χ3v) is 4.70. The van der Waals surface area contributed by atoms with Gasteiger partial charge in [-0.25, -0.2) is 0 Å². The fourth-order valence-corrected chi connectivity index (χ4v) is 3.27. The monoisotopic (exact) mass is 336 g/mol. The smallest absolute Gasteiger partial charge is 0.104 e. The van der Waals surface area contributed by atoms with E-state index in [4.69, 9.17) is 4.84 Å². The topological polar surface area (TPSA) is 17.4 Å². The number of rotatable bonds is 5. The summed E-state index contributed by atoms with van der Waals surface area (Å²) in [6.45, 7) is 8.60. The maximum absolute atomic E-state index is 5.36. The molecule has 25 heavy (non-hydrogen) atoms. The van der Waals surface area contributed by atoms with Crippen molar-refractivity contribution in [2.24, 2.45) is 0 Å². The summed E-state index contributed by atoms with van der Waals surface area (Å²) in [5, 5.41) is 1.25. The Balaban J connectivity index is 1.73. The number of benzene rings is 2. The first kappa shape index (κ1) is 17.6. The van der Waals surface area contributed by atoms with E-state index >= 15 is 0 Å². The lowest BCUT2D eigenvalue weighted by Gasteiger charge is -2.21. The van der Waals surface area contributed by atoms with E-state index in [1.807, 2.05) is 10.9 Å². The molecular weight excluding hydrogens is 308 g/mol. The SMILES string of the molecule is COn1ccc2c(CN(C)Cc3ccc(C(C)(C)C)cc3)cccc21. The molecule has 0 saturated carbocycles. The molecule has 0 amide bonds. The molecule has 0 saturated heterocycles. The van der Waals surface area contributed by atoms with Crippen LogP contribution in [-0.4, -0.2) is 23.8 Å². The lowest BCUT2D eigenvalue weighted by atomic mass is 9.87.